The second-order valence-corrected chi connectivity index (χ2v) is 7.67. The van der Waals surface area contributed by atoms with Gasteiger partial charge in [-0.1, -0.05) is 65.0 Å². The zero-order valence-corrected chi connectivity index (χ0v) is 13.7. The maximum absolute atomic E-state index is 3.74. The first-order chi connectivity index (χ1) is 9.37. The quantitative estimate of drug-likeness (QED) is 0.904. The van der Waals surface area contributed by atoms with E-state index in [2.05, 4.69) is 75.2 Å². The van der Waals surface area contributed by atoms with Crippen molar-refractivity contribution in [2.75, 3.05) is 19.6 Å². The molecule has 0 saturated carbocycles. The normalized spacial score (nSPS) is 25.1. The van der Waals surface area contributed by atoms with E-state index in [-0.39, 0.29) is 0 Å². The fourth-order valence-electron chi connectivity index (χ4n) is 3.18. The molecule has 2 unspecified atom stereocenters. The molecule has 1 aromatic rings. The van der Waals surface area contributed by atoms with E-state index in [9.17, 15) is 0 Å². The van der Waals surface area contributed by atoms with Crippen LogP contribution in [0.3, 0.4) is 0 Å². The monoisotopic (exact) mass is 274 g/mol. The number of rotatable bonds is 3. The molecule has 0 spiro atoms. The highest BCUT2D eigenvalue weighted by atomic mass is 15.2. The molecule has 112 valence electrons. The second-order valence-electron chi connectivity index (χ2n) is 7.67. The average molecular weight is 274 g/mol. The molecule has 1 fully saturated rings. The van der Waals surface area contributed by atoms with Gasteiger partial charge in [0, 0.05) is 31.7 Å². The lowest BCUT2D eigenvalue weighted by atomic mass is 9.90. The van der Waals surface area contributed by atoms with Gasteiger partial charge in [0.1, 0.15) is 0 Å². The third-order valence-electron chi connectivity index (χ3n) is 4.11. The summed E-state index contributed by atoms with van der Waals surface area (Å²) in [5, 5.41) is 3.74. The van der Waals surface area contributed by atoms with Crippen LogP contribution in [0, 0.1) is 11.3 Å². The van der Waals surface area contributed by atoms with Crippen LogP contribution in [0.1, 0.15) is 46.2 Å². The molecule has 0 bridgehead atoms. The summed E-state index contributed by atoms with van der Waals surface area (Å²) >= 11 is 0. The molecule has 1 N–H and O–H groups in total. The molecule has 2 rings (SSSR count). The highest BCUT2D eigenvalue weighted by molar-refractivity contribution is 5.20. The fraction of sp³-hybridized carbons (Fsp3) is 0.667. The molecular weight excluding hydrogens is 244 g/mol. The van der Waals surface area contributed by atoms with Gasteiger partial charge in [-0.15, -0.1) is 0 Å². The van der Waals surface area contributed by atoms with Crippen molar-refractivity contribution in [1.82, 2.24) is 10.2 Å². The summed E-state index contributed by atoms with van der Waals surface area (Å²) < 4.78 is 0. The van der Waals surface area contributed by atoms with Gasteiger partial charge in [0.05, 0.1) is 0 Å². The molecule has 1 aliphatic rings. The van der Waals surface area contributed by atoms with Crippen molar-refractivity contribution in [2.24, 2.45) is 11.3 Å². The zero-order valence-electron chi connectivity index (χ0n) is 13.7. The molecular formula is C18H30N2. The van der Waals surface area contributed by atoms with Crippen LogP contribution in [-0.4, -0.2) is 30.6 Å². The van der Waals surface area contributed by atoms with Crippen molar-refractivity contribution in [3.63, 3.8) is 0 Å². The van der Waals surface area contributed by atoms with Crippen LogP contribution in [-0.2, 0) is 0 Å². The standard InChI is InChI=1S/C18H30N2/c1-14(2)17-11-19-16(15-9-7-6-8-10-15)12-20(17)13-18(3,4)5/h6-10,14,16-17,19H,11-13H2,1-5H3. The maximum atomic E-state index is 3.74. The van der Waals surface area contributed by atoms with Crippen molar-refractivity contribution in [2.45, 2.75) is 46.7 Å². The Bertz CT molecular complexity index is 405. The molecule has 1 saturated heterocycles. The van der Waals surface area contributed by atoms with Crippen molar-refractivity contribution >= 4 is 0 Å². The lowest BCUT2D eigenvalue weighted by Gasteiger charge is -2.45. The highest BCUT2D eigenvalue weighted by Gasteiger charge is 2.32. The van der Waals surface area contributed by atoms with Gasteiger partial charge in [-0.2, -0.15) is 0 Å². The van der Waals surface area contributed by atoms with Crippen molar-refractivity contribution in [1.29, 1.82) is 0 Å². The van der Waals surface area contributed by atoms with Gasteiger partial charge < -0.3 is 5.32 Å². The van der Waals surface area contributed by atoms with Gasteiger partial charge in [-0.3, -0.25) is 4.90 Å². The van der Waals surface area contributed by atoms with Crippen LogP contribution in [0.4, 0.5) is 0 Å². The van der Waals surface area contributed by atoms with Crippen LogP contribution in [0.15, 0.2) is 30.3 Å². The Hall–Kier alpha value is -0.860. The first kappa shape index (κ1) is 15.5. The van der Waals surface area contributed by atoms with Crippen LogP contribution < -0.4 is 5.32 Å². The van der Waals surface area contributed by atoms with E-state index >= 15 is 0 Å². The number of hydrogen-bond acceptors (Lipinski definition) is 2. The topological polar surface area (TPSA) is 15.3 Å². The molecule has 1 aliphatic heterocycles. The summed E-state index contributed by atoms with van der Waals surface area (Å²) in [7, 11) is 0. The predicted molar refractivity (Wildman–Crippen MR) is 86.8 cm³/mol. The average Bonchev–Trinajstić information content (AvgIpc) is 2.37. The van der Waals surface area contributed by atoms with Crippen molar-refractivity contribution in [3.05, 3.63) is 35.9 Å². The van der Waals surface area contributed by atoms with Gasteiger partial charge in [-0.05, 0) is 16.9 Å². The van der Waals surface area contributed by atoms with Crippen LogP contribution in [0.2, 0.25) is 0 Å². The van der Waals surface area contributed by atoms with E-state index < -0.39 is 0 Å². The Morgan fingerprint density at radius 2 is 1.85 bits per heavy atom. The Balaban J connectivity index is 2.11. The van der Waals surface area contributed by atoms with Crippen molar-refractivity contribution < 1.29 is 0 Å². The van der Waals surface area contributed by atoms with E-state index in [1.54, 1.807) is 0 Å². The predicted octanol–water partition coefficient (Wildman–Crippen LogP) is 3.70. The van der Waals surface area contributed by atoms with Gasteiger partial charge >= 0.3 is 0 Å². The van der Waals surface area contributed by atoms with Crippen LogP contribution >= 0.6 is 0 Å². The van der Waals surface area contributed by atoms with Gasteiger partial charge in [0.2, 0.25) is 0 Å². The number of nitrogens with zero attached hydrogens (tertiary/aromatic N) is 1. The molecule has 2 nitrogen and oxygen atoms in total. The maximum Gasteiger partial charge on any atom is 0.0449 e. The van der Waals surface area contributed by atoms with Crippen LogP contribution in [0.5, 0.6) is 0 Å². The van der Waals surface area contributed by atoms with Gasteiger partial charge in [-0.25, -0.2) is 0 Å². The number of piperazine rings is 1. The molecule has 0 radical (unpaired) electrons. The molecule has 1 aromatic carbocycles. The first-order valence-electron chi connectivity index (χ1n) is 7.89. The summed E-state index contributed by atoms with van der Waals surface area (Å²) in [5.41, 5.74) is 1.76. The minimum absolute atomic E-state index is 0.353. The summed E-state index contributed by atoms with van der Waals surface area (Å²) in [6.07, 6.45) is 0. The smallest absolute Gasteiger partial charge is 0.0449 e. The van der Waals surface area contributed by atoms with Gasteiger partial charge in [0.15, 0.2) is 0 Å². The minimum Gasteiger partial charge on any atom is -0.307 e. The Labute approximate surface area is 124 Å². The molecule has 0 aliphatic carbocycles. The van der Waals surface area contributed by atoms with Gasteiger partial charge in [0.25, 0.3) is 0 Å². The summed E-state index contributed by atoms with van der Waals surface area (Å²) in [6, 6.07) is 12.0. The first-order valence-corrected chi connectivity index (χ1v) is 7.89. The van der Waals surface area contributed by atoms with Crippen molar-refractivity contribution in [3.8, 4) is 0 Å². The summed E-state index contributed by atoms with van der Waals surface area (Å²) in [5.74, 6) is 0.696. The minimum atomic E-state index is 0.353. The molecule has 0 amide bonds. The molecule has 0 aromatic heterocycles. The third kappa shape index (κ3) is 4.07. The lowest BCUT2D eigenvalue weighted by molar-refractivity contribution is 0.0655. The van der Waals surface area contributed by atoms with E-state index in [4.69, 9.17) is 0 Å². The highest BCUT2D eigenvalue weighted by Crippen LogP contribution is 2.26. The lowest BCUT2D eigenvalue weighted by Crippen LogP contribution is -2.56. The van der Waals surface area contributed by atoms with Crippen LogP contribution in [0.25, 0.3) is 0 Å². The molecule has 2 atom stereocenters. The Kier molecular flexibility index (Phi) is 4.87. The SMILES string of the molecule is CC(C)C1CNC(c2ccccc2)CN1CC(C)(C)C. The number of hydrogen-bond donors (Lipinski definition) is 1. The molecule has 2 heteroatoms. The second kappa shape index (κ2) is 6.28. The Morgan fingerprint density at radius 1 is 1.20 bits per heavy atom. The van der Waals surface area contributed by atoms with E-state index in [1.165, 1.54) is 12.1 Å². The largest absolute Gasteiger partial charge is 0.307 e. The fourth-order valence-corrected chi connectivity index (χ4v) is 3.18. The number of nitrogens with one attached hydrogen (secondary N) is 1. The number of benzene rings is 1. The zero-order chi connectivity index (χ0) is 14.8. The van der Waals surface area contributed by atoms with E-state index in [0.717, 1.165) is 13.1 Å². The molecule has 1 heterocycles. The summed E-state index contributed by atoms with van der Waals surface area (Å²) in [4.78, 5) is 2.69. The summed E-state index contributed by atoms with van der Waals surface area (Å²) in [6.45, 7) is 15.1. The van der Waals surface area contributed by atoms with E-state index in [1.807, 2.05) is 0 Å². The third-order valence-corrected chi connectivity index (χ3v) is 4.11. The Morgan fingerprint density at radius 3 is 2.40 bits per heavy atom. The molecule has 20 heavy (non-hydrogen) atoms. The van der Waals surface area contributed by atoms with E-state index in [0.29, 0.717) is 23.4 Å².